The van der Waals surface area contributed by atoms with Crippen LogP contribution in [0.5, 0.6) is 0 Å². The fourth-order valence-electron chi connectivity index (χ4n) is 1.71. The molecule has 12 heavy (non-hydrogen) atoms. The van der Waals surface area contributed by atoms with Gasteiger partial charge in [-0.25, -0.2) is 0 Å². The van der Waals surface area contributed by atoms with E-state index in [4.69, 9.17) is 5.73 Å². The second-order valence-corrected chi connectivity index (χ2v) is 4.04. The van der Waals surface area contributed by atoms with E-state index in [1.54, 1.807) is 0 Å². The Bertz CT molecular complexity index is 138. The third kappa shape index (κ3) is 2.73. The van der Waals surface area contributed by atoms with Crippen molar-refractivity contribution in [2.24, 2.45) is 11.7 Å². The molecular formula is C9H20N2O. The summed E-state index contributed by atoms with van der Waals surface area (Å²) in [5.74, 6) is 0.634. The molecule has 3 atom stereocenters. The standard InChI is InChI=1S/C9H20N2O/c1-7-3-4-11(5-8(2)12)6-9(7)10/h7-9,12H,3-6,10H2,1-2H3/t7-,8-,9+/m1/s1. The first-order valence-corrected chi connectivity index (χ1v) is 4.75. The van der Waals surface area contributed by atoms with Gasteiger partial charge in [0.15, 0.2) is 0 Å². The van der Waals surface area contributed by atoms with E-state index in [0.29, 0.717) is 5.92 Å². The highest BCUT2D eigenvalue weighted by Gasteiger charge is 2.23. The fraction of sp³-hybridized carbons (Fsp3) is 1.00. The number of nitrogens with zero attached hydrogens (tertiary/aromatic N) is 1. The van der Waals surface area contributed by atoms with Crippen LogP contribution in [0.4, 0.5) is 0 Å². The average Bonchev–Trinajstić information content (AvgIpc) is 1.96. The molecule has 0 amide bonds. The van der Waals surface area contributed by atoms with Crippen molar-refractivity contribution in [1.82, 2.24) is 4.90 Å². The quantitative estimate of drug-likeness (QED) is 0.618. The highest BCUT2D eigenvalue weighted by Crippen LogP contribution is 2.15. The maximum Gasteiger partial charge on any atom is 0.0639 e. The minimum atomic E-state index is -0.231. The molecule has 1 saturated heterocycles. The molecule has 0 spiro atoms. The number of rotatable bonds is 2. The second-order valence-electron chi connectivity index (χ2n) is 4.04. The molecule has 1 fully saturated rings. The highest BCUT2D eigenvalue weighted by molar-refractivity contribution is 4.80. The number of hydrogen-bond acceptors (Lipinski definition) is 3. The predicted octanol–water partition coefficient (Wildman–Crippen LogP) is 0.0363. The van der Waals surface area contributed by atoms with Crippen LogP contribution in [-0.4, -0.2) is 41.8 Å². The number of β-amino-alcohol motifs (C(OH)–C–C–N with tert-alkyl or cyclic N) is 1. The first-order valence-electron chi connectivity index (χ1n) is 4.75. The van der Waals surface area contributed by atoms with Crippen LogP contribution in [0.1, 0.15) is 20.3 Å². The summed E-state index contributed by atoms with van der Waals surface area (Å²) in [7, 11) is 0. The van der Waals surface area contributed by atoms with Gasteiger partial charge in [0, 0.05) is 19.1 Å². The van der Waals surface area contributed by atoms with Gasteiger partial charge in [0.05, 0.1) is 6.10 Å². The van der Waals surface area contributed by atoms with Crippen molar-refractivity contribution in [3.05, 3.63) is 0 Å². The van der Waals surface area contributed by atoms with E-state index in [2.05, 4.69) is 11.8 Å². The van der Waals surface area contributed by atoms with Crippen LogP contribution in [-0.2, 0) is 0 Å². The van der Waals surface area contributed by atoms with Crippen molar-refractivity contribution in [2.75, 3.05) is 19.6 Å². The lowest BCUT2D eigenvalue weighted by molar-refractivity contribution is 0.0938. The van der Waals surface area contributed by atoms with Gasteiger partial charge in [-0.05, 0) is 25.8 Å². The van der Waals surface area contributed by atoms with E-state index in [0.717, 1.165) is 26.1 Å². The largest absolute Gasteiger partial charge is 0.392 e. The second kappa shape index (κ2) is 4.21. The molecule has 0 aromatic heterocycles. The summed E-state index contributed by atoms with van der Waals surface area (Å²) < 4.78 is 0. The Hall–Kier alpha value is -0.120. The molecule has 3 nitrogen and oxygen atoms in total. The van der Waals surface area contributed by atoms with Crippen molar-refractivity contribution >= 4 is 0 Å². The van der Waals surface area contributed by atoms with E-state index < -0.39 is 0 Å². The lowest BCUT2D eigenvalue weighted by atomic mass is 9.94. The van der Waals surface area contributed by atoms with Crippen molar-refractivity contribution in [3.8, 4) is 0 Å². The zero-order valence-electron chi connectivity index (χ0n) is 8.03. The number of likely N-dealkylation sites (tertiary alicyclic amines) is 1. The summed E-state index contributed by atoms with van der Waals surface area (Å²) in [6, 6.07) is 0.289. The van der Waals surface area contributed by atoms with Crippen molar-refractivity contribution in [2.45, 2.75) is 32.4 Å². The van der Waals surface area contributed by atoms with Crippen LogP contribution in [0, 0.1) is 5.92 Å². The van der Waals surface area contributed by atoms with Crippen LogP contribution >= 0.6 is 0 Å². The minimum Gasteiger partial charge on any atom is -0.392 e. The zero-order valence-corrected chi connectivity index (χ0v) is 8.03. The molecule has 0 aliphatic carbocycles. The van der Waals surface area contributed by atoms with Gasteiger partial charge in [0.2, 0.25) is 0 Å². The average molecular weight is 172 g/mol. The molecule has 0 unspecified atom stereocenters. The van der Waals surface area contributed by atoms with Gasteiger partial charge in [-0.15, -0.1) is 0 Å². The molecule has 0 bridgehead atoms. The van der Waals surface area contributed by atoms with E-state index in [9.17, 15) is 5.11 Å². The highest BCUT2D eigenvalue weighted by atomic mass is 16.3. The number of aliphatic hydroxyl groups excluding tert-OH is 1. The molecule has 1 aliphatic rings. The topological polar surface area (TPSA) is 49.5 Å². The van der Waals surface area contributed by atoms with E-state index >= 15 is 0 Å². The maximum absolute atomic E-state index is 9.17. The van der Waals surface area contributed by atoms with Gasteiger partial charge in [0.1, 0.15) is 0 Å². The number of aliphatic hydroxyl groups is 1. The molecule has 3 N–H and O–H groups in total. The Labute approximate surface area is 74.5 Å². The number of piperidine rings is 1. The lowest BCUT2D eigenvalue weighted by Crippen LogP contribution is -2.49. The Morgan fingerprint density at radius 2 is 2.33 bits per heavy atom. The summed E-state index contributed by atoms with van der Waals surface area (Å²) in [5.41, 5.74) is 5.92. The number of nitrogens with two attached hydrogens (primary N) is 1. The summed E-state index contributed by atoms with van der Waals surface area (Å²) >= 11 is 0. The minimum absolute atomic E-state index is 0.231. The molecule has 0 saturated carbocycles. The SMILES string of the molecule is C[C@@H]1CCN(C[C@@H](C)O)C[C@@H]1N. The molecule has 0 radical (unpaired) electrons. The van der Waals surface area contributed by atoms with E-state index in [-0.39, 0.29) is 12.1 Å². The molecule has 1 aliphatic heterocycles. The smallest absolute Gasteiger partial charge is 0.0639 e. The van der Waals surface area contributed by atoms with Crippen molar-refractivity contribution in [1.29, 1.82) is 0 Å². The Balaban J connectivity index is 2.30. The van der Waals surface area contributed by atoms with Gasteiger partial charge < -0.3 is 10.8 Å². The van der Waals surface area contributed by atoms with Crippen molar-refractivity contribution in [3.63, 3.8) is 0 Å². The number of hydrogen-bond donors (Lipinski definition) is 2. The monoisotopic (exact) mass is 172 g/mol. The molecule has 72 valence electrons. The summed E-state index contributed by atoms with van der Waals surface area (Å²) in [4.78, 5) is 2.25. The summed E-state index contributed by atoms with van der Waals surface area (Å²) in [5, 5.41) is 9.17. The maximum atomic E-state index is 9.17. The van der Waals surface area contributed by atoms with Gasteiger partial charge in [-0.2, -0.15) is 0 Å². The first kappa shape index (κ1) is 9.96. The zero-order chi connectivity index (χ0) is 9.14. The van der Waals surface area contributed by atoms with Crippen LogP contribution in [0.15, 0.2) is 0 Å². The van der Waals surface area contributed by atoms with Crippen molar-refractivity contribution < 1.29 is 5.11 Å². The van der Waals surface area contributed by atoms with Crippen LogP contribution in [0.2, 0.25) is 0 Å². The predicted molar refractivity (Wildman–Crippen MR) is 49.9 cm³/mol. The lowest BCUT2D eigenvalue weighted by Gasteiger charge is -2.35. The molecule has 3 heteroatoms. The summed E-state index contributed by atoms with van der Waals surface area (Å²) in [6.07, 6.45) is 0.930. The molecule has 0 aromatic rings. The molecular weight excluding hydrogens is 152 g/mol. The van der Waals surface area contributed by atoms with Crippen LogP contribution in [0.3, 0.4) is 0 Å². The molecule has 0 aromatic carbocycles. The Morgan fingerprint density at radius 1 is 1.67 bits per heavy atom. The third-order valence-electron chi connectivity index (χ3n) is 2.62. The Kier molecular flexibility index (Phi) is 3.50. The van der Waals surface area contributed by atoms with Gasteiger partial charge in [0.25, 0.3) is 0 Å². The van der Waals surface area contributed by atoms with Gasteiger partial charge >= 0.3 is 0 Å². The first-order chi connectivity index (χ1) is 5.59. The fourth-order valence-corrected chi connectivity index (χ4v) is 1.71. The normalized spacial score (nSPS) is 35.0. The summed E-state index contributed by atoms with van der Waals surface area (Å²) in [6.45, 7) is 6.81. The van der Waals surface area contributed by atoms with Gasteiger partial charge in [-0.1, -0.05) is 6.92 Å². The van der Waals surface area contributed by atoms with Crippen LogP contribution < -0.4 is 5.73 Å². The van der Waals surface area contributed by atoms with E-state index in [1.807, 2.05) is 6.92 Å². The molecule has 1 rings (SSSR count). The third-order valence-corrected chi connectivity index (χ3v) is 2.62. The van der Waals surface area contributed by atoms with Crippen LogP contribution in [0.25, 0.3) is 0 Å². The Morgan fingerprint density at radius 3 is 2.83 bits per heavy atom. The molecule has 1 heterocycles. The van der Waals surface area contributed by atoms with Gasteiger partial charge in [-0.3, -0.25) is 4.90 Å². The van der Waals surface area contributed by atoms with E-state index in [1.165, 1.54) is 0 Å².